The van der Waals surface area contributed by atoms with Crippen LogP contribution in [0.1, 0.15) is 50.5 Å². The van der Waals surface area contributed by atoms with Crippen LogP contribution < -0.4 is 0 Å². The van der Waals surface area contributed by atoms with Gasteiger partial charge in [0.05, 0.1) is 0 Å². The maximum Gasteiger partial charge on any atom is 0.224 e. The zero-order valence-corrected chi connectivity index (χ0v) is 16.9. The largest absolute Gasteiger partial charge is 0.342 e. The fourth-order valence-corrected chi connectivity index (χ4v) is 5.06. The van der Waals surface area contributed by atoms with Gasteiger partial charge in [-0.15, -0.1) is 0 Å². The third-order valence-corrected chi connectivity index (χ3v) is 6.68. The first-order valence-corrected chi connectivity index (χ1v) is 11.0. The molecule has 5 heteroatoms. The predicted molar refractivity (Wildman–Crippen MR) is 110 cm³/mol. The highest BCUT2D eigenvalue weighted by atomic mass is 16.2. The van der Waals surface area contributed by atoms with Crippen LogP contribution in [0.5, 0.6) is 0 Å². The van der Waals surface area contributed by atoms with E-state index in [0.29, 0.717) is 31.3 Å². The Kier molecular flexibility index (Phi) is 6.30. The Morgan fingerprint density at radius 2 is 1.86 bits per heavy atom. The number of hydrogen-bond donors (Lipinski definition) is 0. The van der Waals surface area contributed by atoms with Crippen molar-refractivity contribution < 1.29 is 9.59 Å². The van der Waals surface area contributed by atoms with Gasteiger partial charge in [-0.25, -0.2) is 0 Å². The fraction of sp³-hybridized carbons (Fsp3) is 0.652. The molecule has 0 unspecified atom stereocenters. The minimum atomic E-state index is 0.232. The first kappa shape index (κ1) is 19.4. The Morgan fingerprint density at radius 1 is 1.00 bits per heavy atom. The number of carbonyl (C=O) groups excluding carboxylic acids is 2. The molecule has 4 aliphatic heterocycles. The lowest BCUT2D eigenvalue weighted by molar-refractivity contribution is -0.134. The quantitative estimate of drug-likeness (QED) is 0.785. The molecule has 0 spiro atoms. The Labute approximate surface area is 168 Å². The highest BCUT2D eigenvalue weighted by Gasteiger charge is 2.36. The van der Waals surface area contributed by atoms with Crippen LogP contribution in [0.15, 0.2) is 30.3 Å². The van der Waals surface area contributed by atoms with Gasteiger partial charge in [0, 0.05) is 58.2 Å². The molecule has 4 heterocycles. The van der Waals surface area contributed by atoms with Gasteiger partial charge in [0.1, 0.15) is 0 Å². The molecule has 0 N–H and O–H groups in total. The van der Waals surface area contributed by atoms with Crippen LogP contribution in [0.3, 0.4) is 0 Å². The topological polar surface area (TPSA) is 43.9 Å². The van der Waals surface area contributed by atoms with Gasteiger partial charge in [-0.1, -0.05) is 36.8 Å². The zero-order chi connectivity index (χ0) is 19.3. The van der Waals surface area contributed by atoms with Crippen LogP contribution in [-0.2, 0) is 16.1 Å². The second kappa shape index (κ2) is 9.08. The molecule has 0 aliphatic carbocycles. The first-order chi connectivity index (χ1) is 13.7. The van der Waals surface area contributed by atoms with Crippen molar-refractivity contribution in [2.45, 2.75) is 57.5 Å². The smallest absolute Gasteiger partial charge is 0.224 e. The molecule has 152 valence electrons. The van der Waals surface area contributed by atoms with Crippen LogP contribution in [-0.4, -0.2) is 65.3 Å². The number of carbonyl (C=O) groups is 2. The molecule has 2 atom stereocenters. The van der Waals surface area contributed by atoms with Crippen molar-refractivity contribution in [1.29, 1.82) is 0 Å². The summed E-state index contributed by atoms with van der Waals surface area (Å²) in [6, 6.07) is 11.1. The van der Waals surface area contributed by atoms with E-state index in [1.54, 1.807) is 0 Å². The van der Waals surface area contributed by atoms with E-state index in [4.69, 9.17) is 0 Å². The predicted octanol–water partition coefficient (Wildman–Crippen LogP) is 2.90. The highest BCUT2D eigenvalue weighted by Crippen LogP contribution is 2.29. The van der Waals surface area contributed by atoms with Crippen LogP contribution in [0.25, 0.3) is 0 Å². The van der Waals surface area contributed by atoms with Crippen molar-refractivity contribution in [3.05, 3.63) is 35.9 Å². The van der Waals surface area contributed by atoms with Gasteiger partial charge < -0.3 is 9.80 Å². The Bertz CT molecular complexity index is 678. The molecule has 0 saturated carbocycles. The Morgan fingerprint density at radius 3 is 2.71 bits per heavy atom. The van der Waals surface area contributed by atoms with Crippen LogP contribution in [0.4, 0.5) is 0 Å². The number of benzene rings is 1. The summed E-state index contributed by atoms with van der Waals surface area (Å²) < 4.78 is 0. The molecule has 2 amide bonds. The molecule has 1 aromatic carbocycles. The molecule has 28 heavy (non-hydrogen) atoms. The standard InChI is InChI=1S/C23H33N3O2/c27-22-9-5-2-6-13-24(22)14-12-23(28)26-17-20-10-11-21(18-26)25(16-20)15-19-7-3-1-4-8-19/h1,3-4,7-8,20-21H,2,5-6,9-18H2/t20-,21-/m1/s1. The fourth-order valence-electron chi connectivity index (χ4n) is 5.06. The van der Waals surface area contributed by atoms with E-state index in [1.807, 2.05) is 4.90 Å². The molecule has 0 aromatic heterocycles. The molecule has 5 rings (SSSR count). The molecule has 4 saturated heterocycles. The first-order valence-electron chi connectivity index (χ1n) is 11.0. The number of hydrogen-bond acceptors (Lipinski definition) is 3. The SMILES string of the molecule is O=C1CCCCCN1CCC(=O)N1C[C@@H]2CC[C@H](C1)N(Cc1ccccc1)C2. The summed E-state index contributed by atoms with van der Waals surface area (Å²) in [6.45, 7) is 5.21. The molecule has 2 bridgehead atoms. The molecular weight excluding hydrogens is 350 g/mol. The molecule has 4 aliphatic rings. The molecule has 4 fully saturated rings. The monoisotopic (exact) mass is 383 g/mol. The van der Waals surface area contributed by atoms with Gasteiger partial charge in [-0.3, -0.25) is 14.5 Å². The number of likely N-dealkylation sites (tertiary alicyclic amines) is 1. The summed E-state index contributed by atoms with van der Waals surface area (Å²) in [5.74, 6) is 1.04. The van der Waals surface area contributed by atoms with Gasteiger partial charge in [0.25, 0.3) is 0 Å². The zero-order valence-electron chi connectivity index (χ0n) is 16.9. The third kappa shape index (κ3) is 4.75. The summed E-state index contributed by atoms with van der Waals surface area (Å²) >= 11 is 0. The van der Waals surface area contributed by atoms with E-state index in [-0.39, 0.29) is 11.8 Å². The molecule has 5 nitrogen and oxygen atoms in total. The van der Waals surface area contributed by atoms with Crippen LogP contribution in [0, 0.1) is 5.92 Å². The number of rotatable bonds is 5. The Balaban J connectivity index is 1.33. The molecule has 1 aromatic rings. The summed E-state index contributed by atoms with van der Waals surface area (Å²) in [6.07, 6.45) is 6.73. The summed E-state index contributed by atoms with van der Waals surface area (Å²) in [4.78, 5) is 31.7. The lowest BCUT2D eigenvalue weighted by Gasteiger charge is -2.36. The van der Waals surface area contributed by atoms with Gasteiger partial charge in [-0.2, -0.15) is 0 Å². The van der Waals surface area contributed by atoms with Gasteiger partial charge >= 0.3 is 0 Å². The highest BCUT2D eigenvalue weighted by molar-refractivity contribution is 5.79. The summed E-state index contributed by atoms with van der Waals surface area (Å²) in [5, 5.41) is 0. The van der Waals surface area contributed by atoms with Crippen molar-refractivity contribution in [3.8, 4) is 0 Å². The second-order valence-corrected chi connectivity index (χ2v) is 8.75. The van der Waals surface area contributed by atoms with Crippen molar-refractivity contribution in [2.24, 2.45) is 5.92 Å². The second-order valence-electron chi connectivity index (χ2n) is 8.75. The Hall–Kier alpha value is -1.88. The number of piperidine rings is 1. The van der Waals surface area contributed by atoms with E-state index >= 15 is 0 Å². The van der Waals surface area contributed by atoms with Crippen LogP contribution in [0.2, 0.25) is 0 Å². The van der Waals surface area contributed by atoms with Gasteiger partial charge in [-0.05, 0) is 37.2 Å². The van der Waals surface area contributed by atoms with Crippen molar-refractivity contribution in [1.82, 2.24) is 14.7 Å². The average molecular weight is 384 g/mol. The van der Waals surface area contributed by atoms with Gasteiger partial charge in [0.2, 0.25) is 11.8 Å². The van der Waals surface area contributed by atoms with E-state index < -0.39 is 0 Å². The normalized spacial score (nSPS) is 26.2. The van der Waals surface area contributed by atoms with E-state index in [1.165, 1.54) is 18.4 Å². The van der Waals surface area contributed by atoms with Crippen molar-refractivity contribution in [2.75, 3.05) is 32.7 Å². The number of amides is 2. The maximum absolute atomic E-state index is 12.9. The third-order valence-electron chi connectivity index (χ3n) is 6.68. The van der Waals surface area contributed by atoms with Crippen LogP contribution >= 0.6 is 0 Å². The number of nitrogens with zero attached hydrogens (tertiary/aromatic N) is 3. The van der Waals surface area contributed by atoms with E-state index in [9.17, 15) is 9.59 Å². The lowest BCUT2D eigenvalue weighted by atomic mass is 9.94. The minimum absolute atomic E-state index is 0.232. The van der Waals surface area contributed by atoms with Crippen molar-refractivity contribution in [3.63, 3.8) is 0 Å². The lowest BCUT2D eigenvalue weighted by Crippen LogP contribution is -2.44. The van der Waals surface area contributed by atoms with E-state index in [2.05, 4.69) is 40.1 Å². The molecular formula is C23H33N3O2. The van der Waals surface area contributed by atoms with Gasteiger partial charge in [0.15, 0.2) is 0 Å². The summed E-state index contributed by atoms with van der Waals surface area (Å²) in [7, 11) is 0. The summed E-state index contributed by atoms with van der Waals surface area (Å²) in [5.41, 5.74) is 1.35. The minimum Gasteiger partial charge on any atom is -0.342 e. The molecule has 0 radical (unpaired) electrons. The average Bonchev–Trinajstić information content (AvgIpc) is 3.12. The van der Waals surface area contributed by atoms with E-state index in [0.717, 1.165) is 52.0 Å². The van der Waals surface area contributed by atoms with Crippen molar-refractivity contribution >= 4 is 11.8 Å². The number of fused-ring (bicyclic) bond motifs is 4. The maximum atomic E-state index is 12.9.